The maximum atomic E-state index is 13.9. The molecular formula is C40H30N2O2. The first-order valence-electron chi connectivity index (χ1n) is 15.3. The highest BCUT2D eigenvalue weighted by atomic mass is 16.2. The summed E-state index contributed by atoms with van der Waals surface area (Å²) in [5.74, 6) is -0.493. The maximum Gasteiger partial charge on any atom is 0.261 e. The third-order valence-corrected chi connectivity index (χ3v) is 9.02. The number of carbonyl (C=O) groups excluding carboxylic acids is 2. The molecule has 2 amide bonds. The highest BCUT2D eigenvalue weighted by Crippen LogP contribution is 2.43. The van der Waals surface area contributed by atoms with E-state index in [0.717, 1.165) is 74.0 Å². The van der Waals surface area contributed by atoms with E-state index in [1.807, 2.05) is 30.5 Å². The monoisotopic (exact) mass is 570 g/mol. The summed E-state index contributed by atoms with van der Waals surface area (Å²) in [5, 5.41) is 8.61. The van der Waals surface area contributed by atoms with Gasteiger partial charge in [-0.25, -0.2) is 0 Å². The van der Waals surface area contributed by atoms with E-state index in [1.165, 1.54) is 15.7 Å². The van der Waals surface area contributed by atoms with Crippen LogP contribution in [0.2, 0.25) is 0 Å². The van der Waals surface area contributed by atoms with Gasteiger partial charge in [-0.2, -0.15) is 0 Å². The average Bonchev–Trinajstić information content (AvgIpc) is 3.07. The summed E-state index contributed by atoms with van der Waals surface area (Å²) in [6, 6.07) is 37.1. The molecule has 0 aromatic heterocycles. The van der Waals surface area contributed by atoms with Gasteiger partial charge >= 0.3 is 0 Å². The minimum atomic E-state index is -0.247. The van der Waals surface area contributed by atoms with Gasteiger partial charge in [-0.1, -0.05) is 110 Å². The number of hydrogen-bond acceptors (Lipinski definition) is 3. The van der Waals surface area contributed by atoms with Gasteiger partial charge in [0.25, 0.3) is 11.8 Å². The molecule has 1 aliphatic rings. The average molecular weight is 571 g/mol. The molecule has 0 radical (unpaired) electrons. The molecule has 0 unspecified atom stereocenters. The van der Waals surface area contributed by atoms with Crippen LogP contribution in [0.15, 0.2) is 114 Å². The van der Waals surface area contributed by atoms with E-state index in [2.05, 4.69) is 96.8 Å². The van der Waals surface area contributed by atoms with Crippen LogP contribution in [0.1, 0.15) is 51.6 Å². The van der Waals surface area contributed by atoms with Gasteiger partial charge in [-0.3, -0.25) is 19.5 Å². The van der Waals surface area contributed by atoms with Crippen LogP contribution in [0.5, 0.6) is 0 Å². The third-order valence-electron chi connectivity index (χ3n) is 9.02. The third kappa shape index (κ3) is 4.10. The zero-order valence-electron chi connectivity index (χ0n) is 24.5. The van der Waals surface area contributed by atoms with Gasteiger partial charge in [0, 0.05) is 29.3 Å². The molecule has 212 valence electrons. The lowest BCUT2D eigenvalue weighted by molar-refractivity contribution is 0.0598. The van der Waals surface area contributed by atoms with E-state index in [0.29, 0.717) is 11.1 Å². The Balaban J connectivity index is 1.11. The van der Waals surface area contributed by atoms with Crippen LogP contribution in [-0.2, 0) is 6.54 Å². The van der Waals surface area contributed by atoms with Gasteiger partial charge < -0.3 is 0 Å². The van der Waals surface area contributed by atoms with Crippen LogP contribution < -0.4 is 0 Å². The fourth-order valence-corrected chi connectivity index (χ4v) is 6.78. The zero-order chi connectivity index (χ0) is 29.8. The molecule has 7 aromatic carbocycles. The Kier molecular flexibility index (Phi) is 6.23. The molecule has 0 saturated carbocycles. The smallest absolute Gasteiger partial charge is 0.261 e. The number of benzene rings is 7. The molecule has 4 heteroatoms. The minimum absolute atomic E-state index is 0.220. The first-order valence-corrected chi connectivity index (χ1v) is 15.3. The van der Waals surface area contributed by atoms with Crippen LogP contribution in [0, 0.1) is 0 Å². The molecule has 44 heavy (non-hydrogen) atoms. The number of rotatable bonds is 7. The van der Waals surface area contributed by atoms with Crippen LogP contribution in [0.3, 0.4) is 0 Å². The van der Waals surface area contributed by atoms with Crippen molar-refractivity contribution in [3.63, 3.8) is 0 Å². The maximum absolute atomic E-state index is 13.9. The van der Waals surface area contributed by atoms with Gasteiger partial charge in [-0.05, 0) is 78.5 Å². The van der Waals surface area contributed by atoms with Crippen LogP contribution >= 0.6 is 0 Å². The van der Waals surface area contributed by atoms with E-state index in [9.17, 15) is 9.59 Å². The van der Waals surface area contributed by atoms with Crippen molar-refractivity contribution in [2.75, 3.05) is 6.54 Å². The predicted octanol–water partition coefficient (Wildman–Crippen LogP) is 9.42. The zero-order valence-corrected chi connectivity index (χ0v) is 24.5. The van der Waals surface area contributed by atoms with Gasteiger partial charge in [0.1, 0.15) is 0 Å². The fraction of sp³-hybridized carbons (Fsp3) is 0.125. The molecule has 4 nitrogen and oxygen atoms in total. The molecule has 0 aliphatic carbocycles. The number of imide groups is 1. The van der Waals surface area contributed by atoms with Crippen molar-refractivity contribution in [1.29, 1.82) is 0 Å². The molecule has 0 saturated heterocycles. The molecule has 0 bridgehead atoms. The molecular weight excluding hydrogens is 540 g/mol. The Morgan fingerprint density at radius 1 is 0.614 bits per heavy atom. The van der Waals surface area contributed by atoms with Gasteiger partial charge in [0.05, 0.1) is 6.54 Å². The number of amides is 2. The SMILES string of the molecule is CCCCN=Cc1ccc(-c2ccc(CN3C(=O)c4ccc5c6cccc7cccc(c8ccc(c4c58)C3=O)c76)cc2)cc1. The van der Waals surface area contributed by atoms with E-state index in [1.54, 1.807) is 0 Å². The van der Waals surface area contributed by atoms with Crippen molar-refractivity contribution in [1.82, 2.24) is 4.90 Å². The van der Waals surface area contributed by atoms with Crippen LogP contribution in [0.4, 0.5) is 0 Å². The molecule has 0 spiro atoms. The van der Waals surface area contributed by atoms with Gasteiger partial charge in [0.2, 0.25) is 0 Å². The van der Waals surface area contributed by atoms with Crippen molar-refractivity contribution in [2.24, 2.45) is 4.99 Å². The summed E-state index contributed by atoms with van der Waals surface area (Å²) in [4.78, 5) is 33.7. The highest BCUT2D eigenvalue weighted by molar-refractivity contribution is 6.38. The van der Waals surface area contributed by atoms with Crippen LogP contribution in [-0.4, -0.2) is 29.5 Å². The molecule has 0 fully saturated rings. The Labute approximate surface area is 255 Å². The summed E-state index contributed by atoms with van der Waals surface area (Å²) >= 11 is 0. The normalized spacial score (nSPS) is 13.4. The second-order valence-electron chi connectivity index (χ2n) is 11.7. The molecule has 0 N–H and O–H groups in total. The molecule has 7 aromatic rings. The number of nitrogens with zero attached hydrogens (tertiary/aromatic N) is 2. The predicted molar refractivity (Wildman–Crippen MR) is 181 cm³/mol. The van der Waals surface area contributed by atoms with Crippen molar-refractivity contribution in [3.8, 4) is 11.1 Å². The highest BCUT2D eigenvalue weighted by Gasteiger charge is 2.34. The van der Waals surface area contributed by atoms with Crippen LogP contribution in [0.25, 0.3) is 54.2 Å². The van der Waals surface area contributed by atoms with E-state index in [-0.39, 0.29) is 18.4 Å². The summed E-state index contributed by atoms with van der Waals surface area (Å²) in [6.45, 7) is 3.24. The Bertz CT molecular complexity index is 2160. The standard InChI is InChI=1S/C40H30N2O2/c1-2-3-22-41-23-25-10-14-27(15-11-25)28-16-12-26(13-17-28)24-42-39(43)34-20-18-32-30-8-4-6-29-7-5-9-31(36(29)30)33-19-21-35(40(42)44)38(34)37(32)33/h4-21,23H,2-3,22,24H2,1H3. The Hall–Kier alpha value is -5.35. The number of fused-ring (bicyclic) bond motifs is 2. The van der Waals surface area contributed by atoms with E-state index < -0.39 is 0 Å². The number of aliphatic imine (C=N–C) groups is 1. The van der Waals surface area contributed by atoms with Crippen molar-refractivity contribution >= 4 is 61.1 Å². The lowest BCUT2D eigenvalue weighted by Crippen LogP contribution is -2.39. The molecule has 8 rings (SSSR count). The molecule has 1 aliphatic heterocycles. The van der Waals surface area contributed by atoms with Gasteiger partial charge in [0.15, 0.2) is 0 Å². The lowest BCUT2D eigenvalue weighted by Gasteiger charge is -2.28. The largest absolute Gasteiger partial charge is 0.293 e. The second-order valence-corrected chi connectivity index (χ2v) is 11.7. The van der Waals surface area contributed by atoms with E-state index in [4.69, 9.17) is 0 Å². The van der Waals surface area contributed by atoms with Crippen molar-refractivity contribution in [3.05, 3.63) is 131 Å². The number of carbonyl (C=O) groups is 2. The summed E-state index contributed by atoms with van der Waals surface area (Å²) in [6.07, 6.45) is 4.18. The summed E-state index contributed by atoms with van der Waals surface area (Å²) in [7, 11) is 0. The fourth-order valence-electron chi connectivity index (χ4n) is 6.78. The topological polar surface area (TPSA) is 49.7 Å². The molecule has 0 atom stereocenters. The van der Waals surface area contributed by atoms with E-state index >= 15 is 0 Å². The Morgan fingerprint density at radius 3 is 1.77 bits per heavy atom. The first-order chi connectivity index (χ1) is 21.6. The summed E-state index contributed by atoms with van der Waals surface area (Å²) < 4.78 is 0. The number of hydrogen-bond donors (Lipinski definition) is 0. The first kappa shape index (κ1) is 26.3. The summed E-state index contributed by atoms with van der Waals surface area (Å²) in [5.41, 5.74) is 5.36. The lowest BCUT2D eigenvalue weighted by atomic mass is 9.85. The number of unbranched alkanes of at least 4 members (excludes halogenated alkanes) is 1. The van der Waals surface area contributed by atoms with Crippen molar-refractivity contribution < 1.29 is 9.59 Å². The Morgan fingerprint density at radius 2 is 1.18 bits per heavy atom. The second kappa shape index (κ2) is 10.4. The quantitative estimate of drug-likeness (QED) is 0.0630. The van der Waals surface area contributed by atoms with Gasteiger partial charge in [-0.15, -0.1) is 0 Å². The van der Waals surface area contributed by atoms with Crippen molar-refractivity contribution in [2.45, 2.75) is 26.3 Å². The molecule has 1 heterocycles. The minimum Gasteiger partial charge on any atom is -0.293 e.